The Balaban J connectivity index is 1.99. The van der Waals surface area contributed by atoms with Gasteiger partial charge in [0.1, 0.15) is 11.7 Å². The lowest BCUT2D eigenvalue weighted by atomic mass is 10.3. The van der Waals surface area contributed by atoms with Crippen LogP contribution in [-0.4, -0.2) is 43.6 Å². The van der Waals surface area contributed by atoms with Crippen LogP contribution in [0.15, 0.2) is 12.3 Å². The van der Waals surface area contributed by atoms with Crippen LogP contribution in [0.3, 0.4) is 0 Å². The number of carboxylic acid groups (broad SMARTS) is 1. The molecule has 0 saturated heterocycles. The van der Waals surface area contributed by atoms with E-state index in [0.717, 1.165) is 12.8 Å². The molecule has 1 atom stereocenters. The second-order valence-electron chi connectivity index (χ2n) is 6.05. The van der Waals surface area contributed by atoms with Crippen LogP contribution in [0, 0.1) is 6.92 Å². The summed E-state index contributed by atoms with van der Waals surface area (Å²) in [7, 11) is 0. The summed E-state index contributed by atoms with van der Waals surface area (Å²) in [6, 6.07) is 0.561. The summed E-state index contributed by atoms with van der Waals surface area (Å²) in [6.45, 7) is 4.68. The molecule has 25 heavy (non-hydrogen) atoms. The van der Waals surface area contributed by atoms with Crippen molar-refractivity contribution in [3.05, 3.63) is 28.5 Å². The van der Waals surface area contributed by atoms with Crippen molar-refractivity contribution in [3.8, 4) is 0 Å². The monoisotopic (exact) mass is 362 g/mol. The lowest BCUT2D eigenvalue weighted by Gasteiger charge is -2.20. The fraction of sp³-hybridized carbons (Fsp3) is 0.438. The lowest BCUT2D eigenvalue weighted by molar-refractivity contribution is -0.140. The van der Waals surface area contributed by atoms with Gasteiger partial charge in [-0.15, -0.1) is 0 Å². The second kappa shape index (κ2) is 6.40. The van der Waals surface area contributed by atoms with Gasteiger partial charge in [0.2, 0.25) is 0 Å². The van der Waals surface area contributed by atoms with Crippen LogP contribution in [0.25, 0.3) is 0 Å². The first-order chi connectivity index (χ1) is 11.8. The van der Waals surface area contributed by atoms with E-state index in [-0.39, 0.29) is 23.4 Å². The number of anilines is 1. The van der Waals surface area contributed by atoms with E-state index in [9.17, 15) is 19.5 Å². The van der Waals surface area contributed by atoms with Crippen LogP contribution in [0.4, 0.5) is 5.13 Å². The zero-order valence-corrected chi connectivity index (χ0v) is 14.9. The maximum atomic E-state index is 13.1. The van der Waals surface area contributed by atoms with Gasteiger partial charge in [-0.2, -0.15) is 5.10 Å². The van der Waals surface area contributed by atoms with E-state index in [0.29, 0.717) is 15.7 Å². The number of aromatic nitrogens is 3. The van der Waals surface area contributed by atoms with E-state index < -0.39 is 12.0 Å². The van der Waals surface area contributed by atoms with Crippen molar-refractivity contribution in [2.24, 2.45) is 0 Å². The lowest BCUT2D eigenvalue weighted by Crippen LogP contribution is -2.35. The molecule has 1 saturated carbocycles. The number of carboxylic acids is 1. The molecule has 1 N–H and O–H groups in total. The molecule has 2 heterocycles. The number of rotatable bonds is 6. The summed E-state index contributed by atoms with van der Waals surface area (Å²) in [5, 5.41) is 13.7. The first-order valence-corrected chi connectivity index (χ1v) is 8.71. The normalized spacial score (nSPS) is 15.0. The molecule has 1 unspecified atom stereocenters. The number of nitrogens with zero attached hydrogens (tertiary/aromatic N) is 4. The van der Waals surface area contributed by atoms with Gasteiger partial charge in [0.15, 0.2) is 10.9 Å². The molecule has 2 aromatic heterocycles. The molecule has 0 aliphatic heterocycles. The third kappa shape index (κ3) is 3.19. The van der Waals surface area contributed by atoms with E-state index in [1.165, 1.54) is 42.1 Å². The highest BCUT2D eigenvalue weighted by Crippen LogP contribution is 2.36. The van der Waals surface area contributed by atoms with E-state index in [4.69, 9.17) is 0 Å². The minimum Gasteiger partial charge on any atom is -0.480 e. The van der Waals surface area contributed by atoms with Gasteiger partial charge in [0.25, 0.3) is 5.91 Å². The highest BCUT2D eigenvalue weighted by atomic mass is 32.1. The van der Waals surface area contributed by atoms with E-state index in [2.05, 4.69) is 10.1 Å². The van der Waals surface area contributed by atoms with Crippen molar-refractivity contribution in [1.29, 1.82) is 0 Å². The summed E-state index contributed by atoms with van der Waals surface area (Å²) < 4.78 is 1.20. The first-order valence-electron chi connectivity index (χ1n) is 7.89. The average Bonchev–Trinajstić information content (AvgIpc) is 3.11. The van der Waals surface area contributed by atoms with Crippen molar-refractivity contribution in [2.45, 2.75) is 45.7 Å². The summed E-state index contributed by atoms with van der Waals surface area (Å²) >= 11 is 1.19. The minimum absolute atomic E-state index is 0.0151. The van der Waals surface area contributed by atoms with Crippen LogP contribution in [0.1, 0.15) is 58.6 Å². The number of ketones is 1. The largest absolute Gasteiger partial charge is 0.480 e. The van der Waals surface area contributed by atoms with Crippen LogP contribution in [-0.2, 0) is 4.79 Å². The highest BCUT2D eigenvalue weighted by Gasteiger charge is 2.38. The van der Waals surface area contributed by atoms with Gasteiger partial charge in [-0.05, 0) is 32.8 Å². The molecular weight excluding hydrogens is 344 g/mol. The van der Waals surface area contributed by atoms with E-state index >= 15 is 0 Å². The number of carbonyl (C=O) groups excluding carboxylic acids is 2. The average molecular weight is 362 g/mol. The Morgan fingerprint density at radius 1 is 1.40 bits per heavy atom. The molecule has 2 aromatic rings. The standard InChI is InChI=1S/C16H18N4O4S/c1-8-13(10(3)21)25-16(18-8)19(11-4-5-11)14(22)12-6-7-17-20(12)9(2)15(23)24/h6-7,9,11H,4-5H2,1-3H3,(H,23,24). The third-order valence-electron chi connectivity index (χ3n) is 4.06. The Morgan fingerprint density at radius 2 is 2.08 bits per heavy atom. The zero-order valence-electron chi connectivity index (χ0n) is 14.1. The number of hydrogen-bond donors (Lipinski definition) is 1. The summed E-state index contributed by atoms with van der Waals surface area (Å²) in [5.41, 5.74) is 0.789. The van der Waals surface area contributed by atoms with Crippen LogP contribution < -0.4 is 4.90 Å². The molecule has 1 fully saturated rings. The SMILES string of the molecule is CC(=O)c1sc(N(C(=O)c2ccnn2C(C)C(=O)O)C2CC2)nc1C. The van der Waals surface area contributed by atoms with Crippen LogP contribution in [0.5, 0.6) is 0 Å². The van der Waals surface area contributed by atoms with Gasteiger partial charge < -0.3 is 5.11 Å². The Kier molecular flexibility index (Phi) is 4.42. The smallest absolute Gasteiger partial charge is 0.328 e. The molecule has 132 valence electrons. The molecule has 3 rings (SSSR count). The zero-order chi connectivity index (χ0) is 18.3. The topological polar surface area (TPSA) is 105 Å². The maximum Gasteiger partial charge on any atom is 0.328 e. The molecule has 1 aliphatic carbocycles. The Hall–Kier alpha value is -2.55. The van der Waals surface area contributed by atoms with Gasteiger partial charge in [-0.3, -0.25) is 14.5 Å². The number of hydrogen-bond acceptors (Lipinski definition) is 6. The molecule has 0 radical (unpaired) electrons. The number of thiazole rings is 1. The van der Waals surface area contributed by atoms with Crippen LogP contribution in [0.2, 0.25) is 0 Å². The second-order valence-corrected chi connectivity index (χ2v) is 7.03. The number of Topliss-reactive ketones (excluding diaryl/α,β-unsaturated/α-hetero) is 1. The molecule has 9 heteroatoms. The van der Waals surface area contributed by atoms with Gasteiger partial charge in [0, 0.05) is 19.2 Å². The number of amides is 1. The quantitative estimate of drug-likeness (QED) is 0.791. The van der Waals surface area contributed by atoms with Crippen molar-refractivity contribution in [1.82, 2.24) is 14.8 Å². The first kappa shape index (κ1) is 17.3. The summed E-state index contributed by atoms with van der Waals surface area (Å²) in [4.78, 5) is 42.5. The molecule has 8 nitrogen and oxygen atoms in total. The fourth-order valence-electron chi connectivity index (χ4n) is 2.57. The van der Waals surface area contributed by atoms with Gasteiger partial charge in [-0.1, -0.05) is 11.3 Å². The number of aryl methyl sites for hydroxylation is 1. The van der Waals surface area contributed by atoms with Crippen LogP contribution >= 0.6 is 11.3 Å². The third-order valence-corrected chi connectivity index (χ3v) is 5.31. The highest BCUT2D eigenvalue weighted by molar-refractivity contribution is 7.17. The Morgan fingerprint density at radius 3 is 2.60 bits per heavy atom. The molecule has 0 spiro atoms. The Bertz CT molecular complexity index is 852. The van der Waals surface area contributed by atoms with Crippen molar-refractivity contribution < 1.29 is 19.5 Å². The molecular formula is C16H18N4O4S. The van der Waals surface area contributed by atoms with E-state index in [1.807, 2.05) is 0 Å². The van der Waals surface area contributed by atoms with Gasteiger partial charge >= 0.3 is 5.97 Å². The number of carbonyl (C=O) groups is 3. The van der Waals surface area contributed by atoms with Gasteiger partial charge in [0.05, 0.1) is 10.6 Å². The fourth-order valence-corrected chi connectivity index (χ4v) is 3.61. The molecule has 0 aromatic carbocycles. The summed E-state index contributed by atoms with van der Waals surface area (Å²) in [6.07, 6.45) is 3.11. The minimum atomic E-state index is -1.07. The van der Waals surface area contributed by atoms with Crippen molar-refractivity contribution in [2.75, 3.05) is 4.90 Å². The summed E-state index contributed by atoms with van der Waals surface area (Å²) in [5.74, 6) is -1.51. The van der Waals surface area contributed by atoms with Gasteiger partial charge in [-0.25, -0.2) is 14.5 Å². The molecule has 1 amide bonds. The van der Waals surface area contributed by atoms with E-state index in [1.54, 1.807) is 11.8 Å². The maximum absolute atomic E-state index is 13.1. The predicted octanol–water partition coefficient (Wildman–Crippen LogP) is 2.31. The Labute approximate surface area is 148 Å². The number of aliphatic carboxylic acids is 1. The molecule has 0 bridgehead atoms. The van der Waals surface area contributed by atoms with Crippen molar-refractivity contribution in [3.63, 3.8) is 0 Å². The van der Waals surface area contributed by atoms with Crippen molar-refractivity contribution >= 4 is 34.1 Å². The molecule has 1 aliphatic rings. The predicted molar refractivity (Wildman–Crippen MR) is 91.3 cm³/mol.